The number of rotatable bonds is 9. The van der Waals surface area contributed by atoms with E-state index in [0.29, 0.717) is 34.3 Å². The van der Waals surface area contributed by atoms with E-state index in [1.54, 1.807) is 69.5 Å². The first kappa shape index (κ1) is 29.1. The van der Waals surface area contributed by atoms with E-state index in [2.05, 4.69) is 20.8 Å². The quantitative estimate of drug-likeness (QED) is 0.232. The molecule has 0 unspecified atom stereocenters. The second-order valence-electron chi connectivity index (χ2n) is 8.56. The topological polar surface area (TPSA) is 136 Å². The van der Waals surface area contributed by atoms with Crippen molar-refractivity contribution in [3.8, 4) is 5.75 Å². The minimum Gasteiger partial charge on any atom is -0.494 e. The number of para-hydroxylation sites is 1. The summed E-state index contributed by atoms with van der Waals surface area (Å²) in [6, 6.07) is 13.7. The van der Waals surface area contributed by atoms with Crippen LogP contribution in [-0.2, 0) is 14.4 Å². The molecule has 0 aliphatic rings. The van der Waals surface area contributed by atoms with Gasteiger partial charge in [-0.2, -0.15) is 5.10 Å². The zero-order chi connectivity index (χ0) is 26.9. The number of anilines is 5. The van der Waals surface area contributed by atoms with Crippen molar-refractivity contribution in [2.45, 2.75) is 37.8 Å². The average molecular weight is 534 g/mol. The van der Waals surface area contributed by atoms with Gasteiger partial charge in [0, 0.05) is 17.8 Å². The predicted octanol–water partition coefficient (Wildman–Crippen LogP) is 5.76. The van der Waals surface area contributed by atoms with E-state index in [4.69, 9.17) is 10.5 Å². The van der Waals surface area contributed by atoms with Crippen LogP contribution in [0.1, 0.15) is 27.7 Å². The van der Waals surface area contributed by atoms with E-state index < -0.39 is 22.2 Å². The summed E-state index contributed by atoms with van der Waals surface area (Å²) in [6.07, 6.45) is 3.22. The Morgan fingerprint density at radius 2 is 1.69 bits per heavy atom. The van der Waals surface area contributed by atoms with E-state index >= 15 is 0 Å². The van der Waals surface area contributed by atoms with E-state index in [1.807, 2.05) is 20.5 Å². The van der Waals surface area contributed by atoms with Gasteiger partial charge in [0.2, 0.25) is 0 Å². The molecule has 36 heavy (non-hydrogen) atoms. The van der Waals surface area contributed by atoms with E-state index in [9.17, 15) is 13.0 Å². The van der Waals surface area contributed by atoms with E-state index in [0.717, 1.165) is 12.3 Å². The van der Waals surface area contributed by atoms with Gasteiger partial charge in [0.25, 0.3) is 0 Å². The zero-order valence-electron chi connectivity index (χ0n) is 21.6. The number of hydrogen-bond donors (Lipinski definition) is 3. The third-order valence-corrected chi connectivity index (χ3v) is 10.5. The highest BCUT2D eigenvalue weighted by atomic mass is 32.2. The summed E-state index contributed by atoms with van der Waals surface area (Å²) < 4.78 is 41.6. The summed E-state index contributed by atoms with van der Waals surface area (Å²) in [7, 11) is -3.54. The van der Waals surface area contributed by atoms with Crippen molar-refractivity contribution in [2.75, 3.05) is 42.5 Å². The summed E-state index contributed by atoms with van der Waals surface area (Å²) in [6.45, 7) is 9.12. The molecule has 0 saturated heterocycles. The maximum Gasteiger partial charge on any atom is 0.182 e. The summed E-state index contributed by atoms with van der Waals surface area (Å²) in [5, 5.41) is 13.8. The molecular weight excluding hydrogens is 497 g/mol. The molecule has 0 amide bonds. The Kier molecular flexibility index (Phi) is 10.3. The molecule has 0 aliphatic carbocycles. The van der Waals surface area contributed by atoms with Gasteiger partial charge in [0.1, 0.15) is 5.75 Å². The molecule has 0 spiro atoms. The maximum atomic E-state index is 12.6. The Morgan fingerprint density at radius 3 is 2.28 bits per heavy atom. The van der Waals surface area contributed by atoms with Crippen LogP contribution in [0, 0.1) is 0 Å². The van der Waals surface area contributed by atoms with Gasteiger partial charge in [-0.15, -0.1) is 5.10 Å². The van der Waals surface area contributed by atoms with Gasteiger partial charge >= 0.3 is 0 Å². The molecule has 196 valence electrons. The molecule has 0 aliphatic heterocycles. The molecule has 0 radical (unpaired) electrons. The summed E-state index contributed by atoms with van der Waals surface area (Å²) in [4.78, 5) is 0.238. The fourth-order valence-electron chi connectivity index (χ4n) is 2.90. The number of aromatic nitrogens is 2. The van der Waals surface area contributed by atoms with E-state index in [-0.39, 0.29) is 4.90 Å². The molecule has 2 aromatic carbocycles. The van der Waals surface area contributed by atoms with Crippen molar-refractivity contribution in [1.29, 1.82) is 0 Å². The first-order chi connectivity index (χ1) is 16.9. The monoisotopic (exact) mass is 533 g/mol. The third-order valence-electron chi connectivity index (χ3n) is 5.57. The van der Waals surface area contributed by atoms with Crippen molar-refractivity contribution in [1.82, 2.24) is 10.2 Å². The normalized spacial score (nSPS) is 11.4. The highest BCUT2D eigenvalue weighted by molar-refractivity contribution is 7.92. The molecule has 0 atom stereocenters. The minimum atomic E-state index is -3.44. The van der Waals surface area contributed by atoms with Crippen LogP contribution in [0.3, 0.4) is 0 Å². The fourth-order valence-corrected chi connectivity index (χ4v) is 4.55. The highest BCUT2D eigenvalue weighted by Crippen LogP contribution is 2.39. The molecule has 1 heterocycles. The number of methoxy groups -OCH3 is 1. The number of nitrogens with zero attached hydrogens (tertiary/aromatic N) is 2. The zero-order valence-corrected chi connectivity index (χ0v) is 23.4. The molecule has 0 bridgehead atoms. The Labute approximate surface area is 214 Å². The molecular formula is C25H36N5O4PS. The molecule has 3 rings (SSSR count). The third kappa shape index (κ3) is 7.96. The molecule has 0 fully saturated rings. The Morgan fingerprint density at radius 1 is 1.03 bits per heavy atom. The average Bonchev–Trinajstić information content (AvgIpc) is 2.86. The van der Waals surface area contributed by atoms with Gasteiger partial charge in [-0.25, -0.2) is 8.42 Å². The van der Waals surface area contributed by atoms with Crippen LogP contribution in [0.25, 0.3) is 0 Å². The number of sulfone groups is 1. The first-order valence-electron chi connectivity index (χ1n) is 11.6. The lowest BCUT2D eigenvalue weighted by molar-refractivity contribution is 0.417. The van der Waals surface area contributed by atoms with Gasteiger partial charge in [0.05, 0.1) is 47.7 Å². The molecule has 1 aromatic heterocycles. The minimum absolute atomic E-state index is 0.238. The van der Waals surface area contributed by atoms with Crippen LogP contribution in [0.5, 0.6) is 5.75 Å². The number of nitrogen functional groups attached to an aromatic ring is 1. The maximum absolute atomic E-state index is 12.6. The first-order valence-corrected chi connectivity index (χ1v) is 15.7. The molecule has 3 aromatic rings. The fraction of sp³-hybridized carbons (Fsp3) is 0.360. The smallest absolute Gasteiger partial charge is 0.182 e. The van der Waals surface area contributed by atoms with Crippen LogP contribution in [0.15, 0.2) is 59.6 Å². The van der Waals surface area contributed by atoms with Crippen LogP contribution < -0.4 is 21.1 Å². The number of hydrogen-bond acceptors (Lipinski definition) is 9. The van der Waals surface area contributed by atoms with Crippen molar-refractivity contribution in [3.63, 3.8) is 0 Å². The molecule has 9 nitrogen and oxygen atoms in total. The lowest BCUT2D eigenvalue weighted by Gasteiger charge is -2.15. The summed E-state index contributed by atoms with van der Waals surface area (Å²) in [5.74, 6) is 1.03. The number of ether oxygens (including phenoxy) is 1. The largest absolute Gasteiger partial charge is 0.494 e. The van der Waals surface area contributed by atoms with Crippen molar-refractivity contribution in [3.05, 3.63) is 54.7 Å². The predicted molar refractivity (Wildman–Crippen MR) is 149 cm³/mol. The number of benzene rings is 2. The Bertz CT molecular complexity index is 1310. The second kappa shape index (κ2) is 12.7. The van der Waals surface area contributed by atoms with Gasteiger partial charge < -0.3 is 25.7 Å². The molecule has 11 heteroatoms. The lowest BCUT2D eigenvalue weighted by atomic mass is 10.2. The van der Waals surface area contributed by atoms with E-state index in [1.165, 1.54) is 6.20 Å². The SMILES string of the molecule is CCP(C)(=O)CC.COc1cc(N)ccc1Nc1cc(Nc2ccccc2S(=O)(=O)C(C)C)cnn1. The lowest BCUT2D eigenvalue weighted by Crippen LogP contribution is -2.15. The van der Waals surface area contributed by atoms with Gasteiger partial charge in [-0.05, 0) is 57.1 Å². The Hall–Kier alpha value is -3.10. The Balaban J connectivity index is 0.000000572. The van der Waals surface area contributed by atoms with Crippen molar-refractivity contribution >= 4 is 45.5 Å². The van der Waals surface area contributed by atoms with Crippen molar-refractivity contribution < 1.29 is 17.7 Å². The second-order valence-corrected chi connectivity index (χ2v) is 14.9. The molecule has 0 saturated carbocycles. The molecule has 4 N–H and O–H groups in total. The van der Waals surface area contributed by atoms with Crippen LogP contribution in [0.2, 0.25) is 0 Å². The number of nitrogens with two attached hydrogens (primary N) is 1. The van der Waals surface area contributed by atoms with Gasteiger partial charge in [0.15, 0.2) is 15.7 Å². The number of nitrogens with one attached hydrogen (secondary N) is 2. The highest BCUT2D eigenvalue weighted by Gasteiger charge is 2.22. The van der Waals surface area contributed by atoms with Crippen LogP contribution in [0.4, 0.5) is 28.6 Å². The summed E-state index contributed by atoms with van der Waals surface area (Å²) >= 11 is 0. The van der Waals surface area contributed by atoms with Gasteiger partial charge in [-0.3, -0.25) is 0 Å². The van der Waals surface area contributed by atoms with Crippen molar-refractivity contribution in [2.24, 2.45) is 0 Å². The van der Waals surface area contributed by atoms with Crippen LogP contribution in [-0.4, -0.2) is 50.0 Å². The standard InChI is InChI=1S/C20H23N5O3S.C5H13OP/c1-13(2)29(26,27)19-7-5-4-6-17(19)23-15-11-20(25-22-12-15)24-16-9-8-14(21)10-18(16)28-3;1-4-7(3,6)5-2/h4-13H,21H2,1-3H3,(H2,23,24,25);4-5H2,1-3H3. The van der Waals surface area contributed by atoms with Crippen LogP contribution >= 0.6 is 7.14 Å². The van der Waals surface area contributed by atoms with Gasteiger partial charge in [-0.1, -0.05) is 26.0 Å². The summed E-state index contributed by atoms with van der Waals surface area (Å²) in [5.41, 5.74) is 8.10.